The first-order chi connectivity index (χ1) is 19.0. The Morgan fingerprint density at radius 2 is 1.74 bits per heavy atom. The third kappa shape index (κ3) is 5.68. The van der Waals surface area contributed by atoms with E-state index in [2.05, 4.69) is 4.57 Å². The Morgan fingerprint density at radius 1 is 1.00 bits per heavy atom. The number of aryl methyl sites for hydroxylation is 1. The standard InChI is InChI=1S/C32H33NO6/c1-3-33-29-12-11-23(26-9-4-5-10-27(26)32(35)36)17-28(29)31(34)21(2)30(33)20-39-25-8-6-7-24(18-25)38-19-22-13-15-37-16-14-22/h4-12,17-18,22H,3,13-16,19-20H2,1-2H3,(H,35,36). The lowest BCUT2D eigenvalue weighted by Crippen LogP contribution is -2.21. The van der Waals surface area contributed by atoms with Crippen LogP contribution in [0.25, 0.3) is 22.0 Å². The van der Waals surface area contributed by atoms with Crippen molar-refractivity contribution in [3.63, 3.8) is 0 Å². The minimum absolute atomic E-state index is 0.0866. The molecule has 3 aromatic carbocycles. The number of ether oxygens (including phenoxy) is 3. The summed E-state index contributed by atoms with van der Waals surface area (Å²) in [5.41, 5.74) is 3.60. The summed E-state index contributed by atoms with van der Waals surface area (Å²) >= 11 is 0. The average Bonchev–Trinajstić information content (AvgIpc) is 2.97. The van der Waals surface area contributed by atoms with Gasteiger partial charge in [0, 0.05) is 36.8 Å². The Labute approximate surface area is 227 Å². The van der Waals surface area contributed by atoms with E-state index in [1.807, 2.05) is 50.2 Å². The van der Waals surface area contributed by atoms with Crippen molar-refractivity contribution in [1.29, 1.82) is 0 Å². The van der Waals surface area contributed by atoms with E-state index in [4.69, 9.17) is 14.2 Å². The summed E-state index contributed by atoms with van der Waals surface area (Å²) in [7, 11) is 0. The number of aromatic carboxylic acids is 1. The normalized spacial score (nSPS) is 13.9. The highest BCUT2D eigenvalue weighted by Crippen LogP contribution is 2.28. The lowest BCUT2D eigenvalue weighted by atomic mass is 9.97. The van der Waals surface area contributed by atoms with Gasteiger partial charge >= 0.3 is 5.97 Å². The van der Waals surface area contributed by atoms with Crippen LogP contribution in [0.4, 0.5) is 0 Å². The van der Waals surface area contributed by atoms with Gasteiger partial charge in [-0.25, -0.2) is 4.79 Å². The highest BCUT2D eigenvalue weighted by atomic mass is 16.5. The Bertz CT molecular complexity index is 1550. The monoisotopic (exact) mass is 527 g/mol. The fourth-order valence-corrected chi connectivity index (χ4v) is 5.20. The van der Waals surface area contributed by atoms with Gasteiger partial charge in [-0.15, -0.1) is 0 Å². The molecule has 0 spiro atoms. The number of rotatable bonds is 9. The van der Waals surface area contributed by atoms with Crippen molar-refractivity contribution in [2.24, 2.45) is 5.92 Å². The Morgan fingerprint density at radius 3 is 2.49 bits per heavy atom. The number of carboxylic acids is 1. The summed E-state index contributed by atoms with van der Waals surface area (Å²) in [4.78, 5) is 25.3. The van der Waals surface area contributed by atoms with Crippen molar-refractivity contribution >= 4 is 16.9 Å². The van der Waals surface area contributed by atoms with E-state index in [1.165, 1.54) is 0 Å². The maximum Gasteiger partial charge on any atom is 0.336 e. The first-order valence-corrected chi connectivity index (χ1v) is 13.4. The van der Waals surface area contributed by atoms with Crippen molar-refractivity contribution in [2.75, 3.05) is 19.8 Å². The van der Waals surface area contributed by atoms with Gasteiger partial charge in [-0.1, -0.05) is 30.3 Å². The van der Waals surface area contributed by atoms with Gasteiger partial charge < -0.3 is 23.9 Å². The third-order valence-electron chi connectivity index (χ3n) is 7.42. The number of hydrogen-bond acceptors (Lipinski definition) is 5. The number of aromatic nitrogens is 1. The summed E-state index contributed by atoms with van der Waals surface area (Å²) in [6.07, 6.45) is 2.03. The van der Waals surface area contributed by atoms with Crippen LogP contribution in [-0.2, 0) is 17.9 Å². The molecule has 202 valence electrons. The van der Waals surface area contributed by atoms with Gasteiger partial charge in [0.25, 0.3) is 0 Å². The predicted molar refractivity (Wildman–Crippen MR) is 151 cm³/mol. The first kappa shape index (κ1) is 26.5. The van der Waals surface area contributed by atoms with Gasteiger partial charge in [0.2, 0.25) is 0 Å². The molecule has 4 aromatic rings. The van der Waals surface area contributed by atoms with Crippen LogP contribution in [0.2, 0.25) is 0 Å². The number of pyridine rings is 1. The fourth-order valence-electron chi connectivity index (χ4n) is 5.20. The van der Waals surface area contributed by atoms with E-state index in [9.17, 15) is 14.7 Å². The van der Waals surface area contributed by atoms with Crippen LogP contribution in [0.1, 0.15) is 41.4 Å². The lowest BCUT2D eigenvalue weighted by molar-refractivity contribution is 0.0497. The molecule has 0 amide bonds. The smallest absolute Gasteiger partial charge is 0.336 e. The number of nitrogens with zero attached hydrogens (tertiary/aromatic N) is 1. The Balaban J connectivity index is 1.41. The van der Waals surface area contributed by atoms with Crippen molar-refractivity contribution in [3.8, 4) is 22.6 Å². The molecule has 0 saturated carbocycles. The van der Waals surface area contributed by atoms with Crippen LogP contribution in [0.5, 0.6) is 11.5 Å². The zero-order valence-electron chi connectivity index (χ0n) is 22.3. The first-order valence-electron chi connectivity index (χ1n) is 13.4. The zero-order valence-corrected chi connectivity index (χ0v) is 22.3. The second-order valence-electron chi connectivity index (χ2n) is 9.86. The molecule has 0 bridgehead atoms. The van der Waals surface area contributed by atoms with E-state index in [-0.39, 0.29) is 17.6 Å². The van der Waals surface area contributed by atoms with Crippen molar-refractivity contribution < 1.29 is 24.1 Å². The van der Waals surface area contributed by atoms with Gasteiger partial charge in [0.05, 0.1) is 23.4 Å². The van der Waals surface area contributed by atoms with E-state index in [0.717, 1.165) is 43.0 Å². The minimum Gasteiger partial charge on any atom is -0.493 e. The number of fused-ring (bicyclic) bond motifs is 1. The molecule has 0 aliphatic carbocycles. The molecule has 0 radical (unpaired) electrons. The Hall–Kier alpha value is -4.10. The SMILES string of the molecule is CCn1c(COc2cccc(OCC3CCOCC3)c2)c(C)c(=O)c2cc(-c3ccccc3C(=O)O)ccc21. The fraction of sp³-hybridized carbons (Fsp3) is 0.312. The van der Waals surface area contributed by atoms with Gasteiger partial charge in [0.1, 0.15) is 18.1 Å². The number of carbonyl (C=O) groups is 1. The largest absolute Gasteiger partial charge is 0.493 e. The maximum atomic E-state index is 13.5. The van der Waals surface area contributed by atoms with E-state index < -0.39 is 5.97 Å². The molecule has 2 heterocycles. The summed E-state index contributed by atoms with van der Waals surface area (Å²) in [6.45, 7) is 6.97. The van der Waals surface area contributed by atoms with Crippen molar-refractivity contribution in [1.82, 2.24) is 4.57 Å². The molecule has 1 aliphatic heterocycles. The van der Waals surface area contributed by atoms with Gasteiger partial charge in [-0.3, -0.25) is 4.79 Å². The summed E-state index contributed by atoms with van der Waals surface area (Å²) < 4.78 is 19.7. The van der Waals surface area contributed by atoms with Gasteiger partial charge in [0.15, 0.2) is 5.43 Å². The summed E-state index contributed by atoms with van der Waals surface area (Å²) in [6, 6.07) is 20.0. The Kier molecular flexibility index (Phi) is 7.98. The van der Waals surface area contributed by atoms with E-state index in [0.29, 0.717) is 46.9 Å². The van der Waals surface area contributed by atoms with Crippen LogP contribution in [0.15, 0.2) is 71.5 Å². The molecule has 39 heavy (non-hydrogen) atoms. The molecule has 1 N–H and O–H groups in total. The summed E-state index contributed by atoms with van der Waals surface area (Å²) in [5.74, 6) is 0.935. The van der Waals surface area contributed by atoms with Crippen molar-refractivity contribution in [3.05, 3.63) is 93.8 Å². The molecule has 7 nitrogen and oxygen atoms in total. The molecule has 1 aliphatic rings. The van der Waals surface area contributed by atoms with Crippen LogP contribution in [0, 0.1) is 12.8 Å². The molecule has 1 fully saturated rings. The predicted octanol–water partition coefficient (Wildman–Crippen LogP) is 6.08. The third-order valence-corrected chi connectivity index (χ3v) is 7.42. The molecule has 0 atom stereocenters. The van der Waals surface area contributed by atoms with Gasteiger partial charge in [-0.05, 0) is 74.1 Å². The van der Waals surface area contributed by atoms with Crippen LogP contribution >= 0.6 is 0 Å². The average molecular weight is 528 g/mol. The highest BCUT2D eigenvalue weighted by molar-refractivity contribution is 5.97. The number of carboxylic acid groups (broad SMARTS) is 1. The second-order valence-corrected chi connectivity index (χ2v) is 9.86. The zero-order chi connectivity index (χ0) is 27.4. The number of hydrogen-bond donors (Lipinski definition) is 1. The summed E-state index contributed by atoms with van der Waals surface area (Å²) in [5, 5.41) is 10.2. The maximum absolute atomic E-state index is 13.5. The topological polar surface area (TPSA) is 87.0 Å². The lowest BCUT2D eigenvalue weighted by Gasteiger charge is -2.22. The second kappa shape index (κ2) is 11.7. The van der Waals surface area contributed by atoms with Crippen molar-refractivity contribution in [2.45, 2.75) is 39.8 Å². The van der Waals surface area contributed by atoms with Crippen LogP contribution in [0.3, 0.4) is 0 Å². The molecular formula is C32H33NO6. The molecule has 7 heteroatoms. The molecule has 1 saturated heterocycles. The highest BCUT2D eigenvalue weighted by Gasteiger charge is 2.18. The quantitative estimate of drug-likeness (QED) is 0.284. The molecule has 1 aromatic heterocycles. The number of benzene rings is 3. The molecule has 5 rings (SSSR count). The van der Waals surface area contributed by atoms with Gasteiger partial charge in [-0.2, -0.15) is 0 Å². The van der Waals surface area contributed by atoms with Crippen LogP contribution < -0.4 is 14.9 Å². The van der Waals surface area contributed by atoms with E-state index in [1.54, 1.807) is 30.3 Å². The minimum atomic E-state index is -1.00. The molecular weight excluding hydrogens is 494 g/mol. The van der Waals surface area contributed by atoms with E-state index >= 15 is 0 Å². The van der Waals surface area contributed by atoms with Crippen LogP contribution in [-0.4, -0.2) is 35.5 Å². The molecule has 0 unspecified atom stereocenters.